The Kier molecular flexibility index (Phi) is 6.26. The molecule has 1 aromatic heterocycles. The Morgan fingerprint density at radius 1 is 1.21 bits per heavy atom. The van der Waals surface area contributed by atoms with Gasteiger partial charge in [0.1, 0.15) is 0 Å². The van der Waals surface area contributed by atoms with Gasteiger partial charge in [-0.1, -0.05) is 30.3 Å². The number of ether oxygens (including phenoxy) is 1. The Morgan fingerprint density at radius 3 is 2.69 bits per heavy atom. The number of nitrogens with one attached hydrogen (secondary N) is 1. The fourth-order valence-electron chi connectivity index (χ4n) is 4.61. The van der Waals surface area contributed by atoms with Gasteiger partial charge >= 0.3 is 0 Å². The smallest absolute Gasteiger partial charge is 0.226 e. The van der Waals surface area contributed by atoms with Crippen molar-refractivity contribution in [1.82, 2.24) is 15.2 Å². The largest absolute Gasteiger partial charge is 0.381 e. The number of aromatic nitrogens is 1. The van der Waals surface area contributed by atoms with Crippen LogP contribution < -0.4 is 5.32 Å². The van der Waals surface area contributed by atoms with E-state index >= 15 is 0 Å². The number of carbonyl (C=O) groups is 1. The molecule has 2 saturated heterocycles. The van der Waals surface area contributed by atoms with Gasteiger partial charge in [-0.3, -0.25) is 9.78 Å². The summed E-state index contributed by atoms with van der Waals surface area (Å²) in [5.41, 5.74) is 3.09. The molecule has 2 aliphatic rings. The van der Waals surface area contributed by atoms with Crippen LogP contribution in [-0.2, 0) is 16.0 Å². The molecule has 1 amide bonds. The molecule has 0 spiro atoms. The number of pyridine rings is 1. The van der Waals surface area contributed by atoms with Gasteiger partial charge in [-0.2, -0.15) is 0 Å². The van der Waals surface area contributed by atoms with E-state index in [1.807, 2.05) is 12.3 Å². The van der Waals surface area contributed by atoms with Crippen molar-refractivity contribution in [2.75, 3.05) is 33.4 Å². The first-order chi connectivity index (χ1) is 14.1. The highest BCUT2D eigenvalue weighted by Crippen LogP contribution is 2.35. The summed E-state index contributed by atoms with van der Waals surface area (Å²) in [6.45, 7) is 3.38. The van der Waals surface area contributed by atoms with Crippen LogP contribution in [0.5, 0.6) is 0 Å². The SMILES string of the molecule is CN1CCCC(NC(=O)C2(Cc3ccc(-c4cccnc4)cc3)CCOCC2)C1. The van der Waals surface area contributed by atoms with E-state index in [2.05, 4.69) is 52.6 Å². The first kappa shape index (κ1) is 20.0. The van der Waals surface area contributed by atoms with Crippen LogP contribution >= 0.6 is 0 Å². The predicted octanol–water partition coefficient (Wildman–Crippen LogP) is 3.30. The zero-order valence-electron chi connectivity index (χ0n) is 17.3. The molecule has 29 heavy (non-hydrogen) atoms. The summed E-state index contributed by atoms with van der Waals surface area (Å²) in [6, 6.07) is 12.8. The lowest BCUT2D eigenvalue weighted by Crippen LogP contribution is -2.53. The number of piperidine rings is 1. The Balaban J connectivity index is 1.48. The minimum Gasteiger partial charge on any atom is -0.381 e. The molecule has 4 rings (SSSR count). The van der Waals surface area contributed by atoms with Crippen LogP contribution in [-0.4, -0.2) is 55.2 Å². The van der Waals surface area contributed by atoms with Gasteiger partial charge < -0.3 is 15.0 Å². The lowest BCUT2D eigenvalue weighted by atomic mass is 9.74. The average Bonchev–Trinajstić information content (AvgIpc) is 2.75. The van der Waals surface area contributed by atoms with Crippen LogP contribution in [0.1, 0.15) is 31.2 Å². The number of nitrogens with zero attached hydrogens (tertiary/aromatic N) is 2. The molecule has 154 valence electrons. The minimum atomic E-state index is -0.371. The van der Waals surface area contributed by atoms with Crippen molar-refractivity contribution >= 4 is 5.91 Å². The lowest BCUT2D eigenvalue weighted by Gasteiger charge is -2.38. The first-order valence-electron chi connectivity index (χ1n) is 10.7. The monoisotopic (exact) mass is 393 g/mol. The summed E-state index contributed by atoms with van der Waals surface area (Å²) in [5.74, 6) is 0.206. The molecular weight excluding hydrogens is 362 g/mol. The van der Waals surface area contributed by atoms with Gasteiger partial charge in [0.05, 0.1) is 5.41 Å². The van der Waals surface area contributed by atoms with Crippen molar-refractivity contribution in [3.63, 3.8) is 0 Å². The summed E-state index contributed by atoms with van der Waals surface area (Å²) in [4.78, 5) is 19.9. The molecule has 0 saturated carbocycles. The van der Waals surface area contributed by atoms with Crippen molar-refractivity contribution in [2.24, 2.45) is 5.41 Å². The van der Waals surface area contributed by atoms with Gasteiger partial charge in [0.2, 0.25) is 5.91 Å². The third kappa shape index (κ3) is 4.85. The molecule has 2 aliphatic heterocycles. The highest BCUT2D eigenvalue weighted by molar-refractivity contribution is 5.83. The second kappa shape index (κ2) is 9.06. The number of hydrogen-bond acceptors (Lipinski definition) is 4. The van der Waals surface area contributed by atoms with E-state index in [1.165, 1.54) is 5.56 Å². The quantitative estimate of drug-likeness (QED) is 0.847. The maximum absolute atomic E-state index is 13.4. The molecule has 5 nitrogen and oxygen atoms in total. The standard InChI is InChI=1S/C24H31N3O2/c1-27-13-3-5-22(18-27)26-23(28)24(10-14-29-15-11-24)16-19-6-8-20(9-7-19)21-4-2-12-25-17-21/h2,4,6-9,12,17,22H,3,5,10-11,13-16,18H2,1H3,(H,26,28). The summed E-state index contributed by atoms with van der Waals surface area (Å²) in [7, 11) is 2.13. The fraction of sp³-hybridized carbons (Fsp3) is 0.500. The molecule has 5 heteroatoms. The van der Waals surface area contributed by atoms with Crippen LogP contribution in [0.2, 0.25) is 0 Å². The third-order valence-corrected chi connectivity index (χ3v) is 6.38. The van der Waals surface area contributed by atoms with Crippen LogP contribution in [0.15, 0.2) is 48.8 Å². The molecule has 1 aromatic carbocycles. The number of likely N-dealkylation sites (tertiary alicyclic amines) is 1. The predicted molar refractivity (Wildman–Crippen MR) is 115 cm³/mol. The fourth-order valence-corrected chi connectivity index (χ4v) is 4.61. The van der Waals surface area contributed by atoms with E-state index in [4.69, 9.17) is 4.74 Å². The van der Waals surface area contributed by atoms with E-state index in [-0.39, 0.29) is 17.4 Å². The van der Waals surface area contributed by atoms with Crippen molar-refractivity contribution in [3.05, 3.63) is 54.4 Å². The highest BCUT2D eigenvalue weighted by Gasteiger charge is 2.41. The van der Waals surface area contributed by atoms with Gasteiger partial charge in [-0.25, -0.2) is 0 Å². The van der Waals surface area contributed by atoms with E-state index in [0.29, 0.717) is 13.2 Å². The molecule has 1 atom stereocenters. The molecule has 2 fully saturated rings. The molecule has 3 heterocycles. The molecule has 0 aliphatic carbocycles. The molecule has 0 radical (unpaired) electrons. The zero-order valence-corrected chi connectivity index (χ0v) is 17.3. The average molecular weight is 394 g/mol. The first-order valence-corrected chi connectivity index (χ1v) is 10.7. The van der Waals surface area contributed by atoms with E-state index in [9.17, 15) is 4.79 Å². The van der Waals surface area contributed by atoms with Crippen molar-refractivity contribution in [3.8, 4) is 11.1 Å². The molecule has 1 N–H and O–H groups in total. The van der Waals surface area contributed by atoms with Crippen LogP contribution in [0.25, 0.3) is 11.1 Å². The zero-order chi connectivity index (χ0) is 20.1. The van der Waals surface area contributed by atoms with Gasteiger partial charge in [0.15, 0.2) is 0 Å². The van der Waals surface area contributed by atoms with E-state index < -0.39 is 0 Å². The van der Waals surface area contributed by atoms with Crippen LogP contribution in [0, 0.1) is 5.41 Å². The van der Waals surface area contributed by atoms with Crippen LogP contribution in [0.4, 0.5) is 0 Å². The summed E-state index contributed by atoms with van der Waals surface area (Å²) >= 11 is 0. The number of carbonyl (C=O) groups excluding carboxylic acids is 1. The molecule has 1 unspecified atom stereocenters. The number of benzene rings is 1. The molecule has 0 bridgehead atoms. The Labute approximate surface area is 173 Å². The Hall–Kier alpha value is -2.24. The number of amides is 1. The summed E-state index contributed by atoms with van der Waals surface area (Å²) < 4.78 is 5.60. The number of hydrogen-bond donors (Lipinski definition) is 1. The van der Waals surface area contributed by atoms with Crippen molar-refractivity contribution in [2.45, 2.75) is 38.1 Å². The molecule has 2 aromatic rings. The van der Waals surface area contributed by atoms with E-state index in [1.54, 1.807) is 6.20 Å². The number of rotatable bonds is 5. The second-order valence-electron chi connectivity index (χ2n) is 8.58. The second-order valence-corrected chi connectivity index (χ2v) is 8.58. The maximum atomic E-state index is 13.4. The van der Waals surface area contributed by atoms with Crippen molar-refractivity contribution in [1.29, 1.82) is 0 Å². The van der Waals surface area contributed by atoms with Gasteiger partial charge in [0.25, 0.3) is 0 Å². The van der Waals surface area contributed by atoms with E-state index in [0.717, 1.165) is 56.3 Å². The topological polar surface area (TPSA) is 54.5 Å². The van der Waals surface area contributed by atoms with Gasteiger partial charge in [-0.15, -0.1) is 0 Å². The minimum absolute atomic E-state index is 0.206. The Morgan fingerprint density at radius 2 is 2.00 bits per heavy atom. The summed E-state index contributed by atoms with van der Waals surface area (Å²) in [6.07, 6.45) is 8.21. The Bertz CT molecular complexity index is 801. The number of likely N-dealkylation sites (N-methyl/N-ethyl adjacent to an activating group) is 1. The van der Waals surface area contributed by atoms with Gasteiger partial charge in [-0.05, 0) is 68.5 Å². The third-order valence-electron chi connectivity index (χ3n) is 6.38. The molecular formula is C24H31N3O2. The van der Waals surface area contributed by atoms with Gasteiger partial charge in [0, 0.05) is 38.2 Å². The van der Waals surface area contributed by atoms with Crippen molar-refractivity contribution < 1.29 is 9.53 Å². The highest BCUT2D eigenvalue weighted by atomic mass is 16.5. The lowest BCUT2D eigenvalue weighted by molar-refractivity contribution is -0.137. The maximum Gasteiger partial charge on any atom is 0.226 e. The van der Waals surface area contributed by atoms with Crippen LogP contribution in [0.3, 0.4) is 0 Å². The summed E-state index contributed by atoms with van der Waals surface area (Å²) in [5, 5.41) is 3.37. The normalized spacial score (nSPS) is 22.2.